The van der Waals surface area contributed by atoms with Crippen LogP contribution in [0.5, 0.6) is 0 Å². The lowest BCUT2D eigenvalue weighted by Crippen LogP contribution is -2.17. The Balaban J connectivity index is 1.39. The Morgan fingerprint density at radius 3 is 2.86 bits per heavy atom. The molecule has 3 nitrogen and oxygen atoms in total. The minimum atomic E-state index is 0.902. The van der Waals surface area contributed by atoms with Gasteiger partial charge in [-0.05, 0) is 54.3 Å². The van der Waals surface area contributed by atoms with Crippen LogP contribution in [0.1, 0.15) is 12.0 Å². The Morgan fingerprint density at radius 2 is 1.95 bits per heavy atom. The zero-order chi connectivity index (χ0) is 15.2. The molecule has 0 aliphatic carbocycles. The van der Waals surface area contributed by atoms with E-state index in [1.165, 1.54) is 15.6 Å². The van der Waals surface area contributed by atoms with Crippen LogP contribution < -0.4 is 10.6 Å². The van der Waals surface area contributed by atoms with Crippen LogP contribution in [0.2, 0.25) is 0 Å². The predicted octanol–water partition coefficient (Wildman–Crippen LogP) is 4.65. The highest BCUT2D eigenvalue weighted by atomic mass is 79.9. The summed E-state index contributed by atoms with van der Waals surface area (Å²) in [6, 6.07) is 16.7. The molecule has 3 rings (SSSR count). The quantitative estimate of drug-likeness (QED) is 0.590. The van der Waals surface area contributed by atoms with Gasteiger partial charge in [0.2, 0.25) is 0 Å². The number of hydrogen-bond donors (Lipinski definition) is 2. The first-order valence-electron chi connectivity index (χ1n) is 7.36. The Bertz CT molecular complexity index is 741. The van der Waals surface area contributed by atoms with E-state index in [-0.39, 0.29) is 0 Å². The summed E-state index contributed by atoms with van der Waals surface area (Å²) in [6.45, 7) is 2.82. The van der Waals surface area contributed by atoms with Gasteiger partial charge in [-0.2, -0.15) is 4.37 Å². The Morgan fingerprint density at radius 1 is 1.05 bits per heavy atom. The number of nitrogens with one attached hydrogen (secondary N) is 2. The predicted molar refractivity (Wildman–Crippen MR) is 98.6 cm³/mol. The molecule has 2 N–H and O–H groups in total. The van der Waals surface area contributed by atoms with Gasteiger partial charge in [0.15, 0.2) is 0 Å². The van der Waals surface area contributed by atoms with Gasteiger partial charge in [-0.15, -0.1) is 0 Å². The third-order valence-electron chi connectivity index (χ3n) is 3.42. The molecule has 0 bridgehead atoms. The minimum Gasteiger partial charge on any atom is -0.369 e. The number of benzene rings is 2. The van der Waals surface area contributed by atoms with E-state index in [0.717, 1.165) is 36.3 Å². The molecule has 0 radical (unpaired) electrons. The normalized spacial score (nSPS) is 11.0. The second-order valence-corrected chi connectivity index (χ2v) is 6.84. The summed E-state index contributed by atoms with van der Waals surface area (Å²) in [5.74, 6) is 1.01. The smallest absolute Gasteiger partial charge is 0.147 e. The second kappa shape index (κ2) is 7.72. The Labute approximate surface area is 143 Å². The number of hydrogen-bond acceptors (Lipinski definition) is 4. The largest absolute Gasteiger partial charge is 0.369 e. The number of aromatic nitrogens is 1. The molecule has 0 spiro atoms. The van der Waals surface area contributed by atoms with Gasteiger partial charge < -0.3 is 10.6 Å². The van der Waals surface area contributed by atoms with Crippen LogP contribution in [0.25, 0.3) is 10.1 Å². The van der Waals surface area contributed by atoms with Crippen molar-refractivity contribution >= 4 is 43.4 Å². The third-order valence-corrected chi connectivity index (χ3v) is 4.74. The molecule has 22 heavy (non-hydrogen) atoms. The van der Waals surface area contributed by atoms with Gasteiger partial charge in [0, 0.05) is 22.9 Å². The van der Waals surface area contributed by atoms with E-state index in [0.29, 0.717) is 0 Å². The fourth-order valence-corrected chi connectivity index (χ4v) is 3.51. The highest BCUT2D eigenvalue weighted by molar-refractivity contribution is 9.10. The molecule has 0 amide bonds. The fraction of sp³-hybridized carbons (Fsp3) is 0.235. The van der Waals surface area contributed by atoms with Crippen LogP contribution in [-0.2, 0) is 6.54 Å². The van der Waals surface area contributed by atoms with E-state index in [1.807, 2.05) is 6.07 Å². The van der Waals surface area contributed by atoms with Crippen molar-refractivity contribution in [2.45, 2.75) is 13.0 Å². The lowest BCUT2D eigenvalue weighted by atomic mass is 10.2. The van der Waals surface area contributed by atoms with Gasteiger partial charge in [-0.3, -0.25) is 0 Å². The van der Waals surface area contributed by atoms with Gasteiger partial charge in [0.1, 0.15) is 5.82 Å². The standard InChI is InChI=1S/C17H18BrN3S/c18-14-6-3-5-13(11-14)12-19-9-4-10-20-17-15-7-1-2-8-16(15)22-21-17/h1-3,5-8,11,19H,4,9-10,12H2,(H,20,21). The molecule has 0 fully saturated rings. The lowest BCUT2D eigenvalue weighted by molar-refractivity contribution is 0.663. The van der Waals surface area contributed by atoms with Gasteiger partial charge in [0.05, 0.1) is 4.70 Å². The van der Waals surface area contributed by atoms with Crippen molar-refractivity contribution in [3.8, 4) is 0 Å². The van der Waals surface area contributed by atoms with Crippen LogP contribution in [0.3, 0.4) is 0 Å². The molecule has 0 atom stereocenters. The summed E-state index contributed by atoms with van der Waals surface area (Å²) in [5, 5.41) is 8.11. The molecular formula is C17H18BrN3S. The van der Waals surface area contributed by atoms with Crippen LogP contribution in [0.15, 0.2) is 53.0 Å². The summed E-state index contributed by atoms with van der Waals surface area (Å²) < 4.78 is 6.84. The zero-order valence-electron chi connectivity index (χ0n) is 12.2. The average Bonchev–Trinajstić information content (AvgIpc) is 2.94. The highest BCUT2D eigenvalue weighted by Gasteiger charge is 2.03. The molecule has 1 aromatic heterocycles. The molecule has 5 heteroatoms. The number of rotatable bonds is 7. The second-order valence-electron chi connectivity index (χ2n) is 5.11. The van der Waals surface area contributed by atoms with Crippen molar-refractivity contribution < 1.29 is 0 Å². The van der Waals surface area contributed by atoms with Crippen molar-refractivity contribution in [1.82, 2.24) is 9.69 Å². The van der Waals surface area contributed by atoms with Crippen molar-refractivity contribution in [3.05, 3.63) is 58.6 Å². The van der Waals surface area contributed by atoms with E-state index in [9.17, 15) is 0 Å². The van der Waals surface area contributed by atoms with Crippen LogP contribution in [0.4, 0.5) is 5.82 Å². The molecule has 0 aliphatic rings. The molecule has 0 aliphatic heterocycles. The minimum absolute atomic E-state index is 0.902. The lowest BCUT2D eigenvalue weighted by Gasteiger charge is -2.06. The monoisotopic (exact) mass is 375 g/mol. The zero-order valence-corrected chi connectivity index (χ0v) is 14.6. The molecule has 0 saturated carbocycles. The summed E-state index contributed by atoms with van der Waals surface area (Å²) in [5.41, 5.74) is 1.30. The summed E-state index contributed by atoms with van der Waals surface area (Å²) >= 11 is 5.04. The maximum Gasteiger partial charge on any atom is 0.147 e. The average molecular weight is 376 g/mol. The summed E-state index contributed by atoms with van der Waals surface area (Å²) in [4.78, 5) is 0. The number of anilines is 1. The number of halogens is 1. The first kappa shape index (κ1) is 15.5. The van der Waals surface area contributed by atoms with Gasteiger partial charge in [-0.25, -0.2) is 0 Å². The molecular weight excluding hydrogens is 358 g/mol. The van der Waals surface area contributed by atoms with E-state index in [2.05, 4.69) is 73.4 Å². The Kier molecular flexibility index (Phi) is 5.43. The van der Waals surface area contributed by atoms with E-state index >= 15 is 0 Å². The van der Waals surface area contributed by atoms with E-state index in [4.69, 9.17) is 0 Å². The van der Waals surface area contributed by atoms with Crippen molar-refractivity contribution in [2.75, 3.05) is 18.4 Å². The molecule has 2 aromatic carbocycles. The Hall–Kier alpha value is -1.43. The van der Waals surface area contributed by atoms with Gasteiger partial charge in [0.25, 0.3) is 0 Å². The summed E-state index contributed by atoms with van der Waals surface area (Å²) in [7, 11) is 0. The van der Waals surface area contributed by atoms with Crippen LogP contribution in [-0.4, -0.2) is 17.5 Å². The van der Waals surface area contributed by atoms with Crippen LogP contribution in [0, 0.1) is 0 Å². The maximum atomic E-state index is 4.48. The van der Waals surface area contributed by atoms with Gasteiger partial charge in [-0.1, -0.05) is 40.2 Å². The highest BCUT2D eigenvalue weighted by Crippen LogP contribution is 2.25. The van der Waals surface area contributed by atoms with Crippen molar-refractivity contribution in [3.63, 3.8) is 0 Å². The van der Waals surface area contributed by atoms with Crippen molar-refractivity contribution in [2.24, 2.45) is 0 Å². The fourth-order valence-electron chi connectivity index (χ4n) is 2.31. The molecule has 114 valence electrons. The maximum absolute atomic E-state index is 4.48. The first-order valence-corrected chi connectivity index (χ1v) is 8.93. The number of fused-ring (bicyclic) bond motifs is 1. The topological polar surface area (TPSA) is 37.0 Å². The molecule has 0 saturated heterocycles. The number of nitrogens with zero attached hydrogens (tertiary/aromatic N) is 1. The summed E-state index contributed by atoms with van der Waals surface area (Å²) in [6.07, 6.45) is 1.07. The molecule has 1 heterocycles. The van der Waals surface area contributed by atoms with Crippen molar-refractivity contribution in [1.29, 1.82) is 0 Å². The van der Waals surface area contributed by atoms with E-state index < -0.39 is 0 Å². The first-order chi connectivity index (χ1) is 10.8. The van der Waals surface area contributed by atoms with Gasteiger partial charge >= 0.3 is 0 Å². The SMILES string of the molecule is Brc1cccc(CNCCCNc2nsc3ccccc23)c1. The molecule has 0 unspecified atom stereocenters. The van der Waals surface area contributed by atoms with E-state index in [1.54, 1.807) is 11.5 Å². The van der Waals surface area contributed by atoms with Crippen LogP contribution >= 0.6 is 27.5 Å². The third kappa shape index (κ3) is 4.06. The molecule has 3 aromatic rings.